The number of nitro benzene ring substituents is 1. The van der Waals surface area contributed by atoms with E-state index in [0.717, 1.165) is 6.07 Å². The van der Waals surface area contributed by atoms with Crippen LogP contribution in [-0.4, -0.2) is 44.1 Å². The van der Waals surface area contributed by atoms with Gasteiger partial charge < -0.3 is 14.4 Å². The largest absolute Gasteiger partial charge is 0.490 e. The molecule has 0 spiro atoms. The highest BCUT2D eigenvalue weighted by Gasteiger charge is 2.22. The minimum Gasteiger partial charge on any atom is -0.490 e. The number of ether oxygens (including phenoxy) is 2. The first-order valence-corrected chi connectivity index (χ1v) is 5.70. The van der Waals surface area contributed by atoms with Crippen molar-refractivity contribution < 1.29 is 19.2 Å². The van der Waals surface area contributed by atoms with Gasteiger partial charge in [-0.3, -0.25) is 10.1 Å². The zero-order valence-corrected chi connectivity index (χ0v) is 11.7. The zero-order chi connectivity index (χ0) is 15.3. The summed E-state index contributed by atoms with van der Waals surface area (Å²) in [4.78, 5) is 23.9. The molecule has 108 valence electrons. The number of hydrogen-bond acceptors (Lipinski definition) is 6. The van der Waals surface area contributed by atoms with Gasteiger partial charge in [-0.2, -0.15) is 0 Å². The lowest BCUT2D eigenvalue weighted by molar-refractivity contribution is -0.385. The van der Waals surface area contributed by atoms with Crippen molar-refractivity contribution in [3.63, 3.8) is 0 Å². The number of carbonyl (C=O) groups excluding carboxylic acids is 1. The molecular formula is C13H16N2O5. The van der Waals surface area contributed by atoms with Gasteiger partial charge in [0.1, 0.15) is 0 Å². The number of benzene rings is 1. The molecule has 0 heterocycles. The molecule has 20 heavy (non-hydrogen) atoms. The van der Waals surface area contributed by atoms with Gasteiger partial charge in [-0.25, -0.2) is 4.79 Å². The van der Waals surface area contributed by atoms with Crippen LogP contribution >= 0.6 is 0 Å². The third-order valence-corrected chi connectivity index (χ3v) is 2.51. The molecule has 1 rings (SSSR count). The van der Waals surface area contributed by atoms with Crippen LogP contribution in [0, 0.1) is 10.1 Å². The summed E-state index contributed by atoms with van der Waals surface area (Å²) in [7, 11) is 6.19. The Morgan fingerprint density at radius 2 is 2.00 bits per heavy atom. The first-order chi connectivity index (χ1) is 9.40. The van der Waals surface area contributed by atoms with E-state index in [9.17, 15) is 14.9 Å². The summed E-state index contributed by atoms with van der Waals surface area (Å²) < 4.78 is 9.62. The second kappa shape index (κ2) is 6.55. The average molecular weight is 280 g/mol. The van der Waals surface area contributed by atoms with Gasteiger partial charge >= 0.3 is 11.7 Å². The molecule has 1 aromatic carbocycles. The summed E-state index contributed by atoms with van der Waals surface area (Å²) in [6.07, 6.45) is 3.37. The van der Waals surface area contributed by atoms with Gasteiger partial charge in [0.15, 0.2) is 5.75 Å². The fourth-order valence-corrected chi connectivity index (χ4v) is 1.54. The standard InChI is InChI=1S/C13H16N2O5/c1-14(2)6-5-9-7-12(19-3)11(15(17)18)8-10(9)13(16)20-4/h5-8H,1-4H3/b6-5+. The summed E-state index contributed by atoms with van der Waals surface area (Å²) >= 11 is 0. The third kappa shape index (κ3) is 3.47. The number of rotatable bonds is 5. The monoisotopic (exact) mass is 280 g/mol. The topological polar surface area (TPSA) is 81.9 Å². The van der Waals surface area contributed by atoms with Crippen LogP contribution in [0.25, 0.3) is 6.08 Å². The van der Waals surface area contributed by atoms with E-state index in [1.165, 1.54) is 20.3 Å². The predicted octanol–water partition coefficient (Wildman–Crippen LogP) is 1.92. The van der Waals surface area contributed by atoms with Crippen LogP contribution in [0.1, 0.15) is 15.9 Å². The van der Waals surface area contributed by atoms with Gasteiger partial charge in [0, 0.05) is 20.2 Å². The number of hydrogen-bond donors (Lipinski definition) is 0. The lowest BCUT2D eigenvalue weighted by Gasteiger charge is -2.09. The fraction of sp³-hybridized carbons (Fsp3) is 0.308. The molecule has 7 heteroatoms. The molecule has 0 fully saturated rings. The van der Waals surface area contributed by atoms with Gasteiger partial charge in [0.2, 0.25) is 0 Å². The van der Waals surface area contributed by atoms with E-state index in [0.29, 0.717) is 5.56 Å². The normalized spacial score (nSPS) is 10.4. The maximum atomic E-state index is 11.7. The predicted molar refractivity (Wildman–Crippen MR) is 73.7 cm³/mol. The minimum absolute atomic E-state index is 0.0843. The zero-order valence-electron chi connectivity index (χ0n) is 11.7. The Hall–Kier alpha value is -2.57. The van der Waals surface area contributed by atoms with Gasteiger partial charge in [-0.05, 0) is 23.9 Å². The molecule has 0 amide bonds. The Labute approximate surface area is 116 Å². The number of nitrogens with zero attached hydrogens (tertiary/aromatic N) is 2. The summed E-state index contributed by atoms with van der Waals surface area (Å²) in [5, 5.41) is 11.0. The van der Waals surface area contributed by atoms with Crippen LogP contribution in [-0.2, 0) is 4.74 Å². The van der Waals surface area contributed by atoms with Gasteiger partial charge in [0.05, 0.1) is 24.7 Å². The molecule has 0 atom stereocenters. The molecule has 1 aromatic rings. The SMILES string of the molecule is COC(=O)c1cc([N+](=O)[O-])c(OC)cc1/C=C/N(C)C. The average Bonchev–Trinajstić information content (AvgIpc) is 2.42. The quantitative estimate of drug-likeness (QED) is 0.465. The summed E-state index contributed by atoms with van der Waals surface area (Å²) in [6.45, 7) is 0. The van der Waals surface area contributed by atoms with Crippen molar-refractivity contribution in [2.24, 2.45) is 0 Å². The smallest absolute Gasteiger partial charge is 0.338 e. The van der Waals surface area contributed by atoms with Crippen LogP contribution in [0.5, 0.6) is 5.75 Å². The van der Waals surface area contributed by atoms with Crippen LogP contribution < -0.4 is 4.74 Å². The Kier molecular flexibility index (Phi) is 5.08. The Balaban J connectivity index is 3.47. The van der Waals surface area contributed by atoms with Crippen molar-refractivity contribution in [1.29, 1.82) is 0 Å². The summed E-state index contributed by atoms with van der Waals surface area (Å²) in [6, 6.07) is 2.59. The van der Waals surface area contributed by atoms with E-state index in [1.54, 1.807) is 17.2 Å². The highest BCUT2D eigenvalue weighted by Crippen LogP contribution is 2.31. The number of esters is 1. The van der Waals surface area contributed by atoms with Crippen molar-refractivity contribution >= 4 is 17.7 Å². The van der Waals surface area contributed by atoms with Gasteiger partial charge in [0.25, 0.3) is 0 Å². The number of carbonyl (C=O) groups is 1. The summed E-state index contributed by atoms with van der Waals surface area (Å²) in [5.74, 6) is -0.560. The molecular weight excluding hydrogens is 264 g/mol. The van der Waals surface area contributed by atoms with E-state index in [1.807, 2.05) is 14.1 Å². The highest BCUT2D eigenvalue weighted by molar-refractivity contribution is 5.95. The molecule has 0 aliphatic heterocycles. The van der Waals surface area contributed by atoms with Crippen molar-refractivity contribution in [1.82, 2.24) is 4.90 Å². The molecule has 7 nitrogen and oxygen atoms in total. The molecule has 0 aliphatic rings. The van der Waals surface area contributed by atoms with Gasteiger partial charge in [-0.15, -0.1) is 0 Å². The Morgan fingerprint density at radius 3 is 2.45 bits per heavy atom. The van der Waals surface area contributed by atoms with E-state index >= 15 is 0 Å². The van der Waals surface area contributed by atoms with Crippen molar-refractivity contribution in [2.75, 3.05) is 28.3 Å². The Bertz CT molecular complexity index is 552. The molecule has 0 bridgehead atoms. The summed E-state index contributed by atoms with van der Waals surface area (Å²) in [5.41, 5.74) is 0.306. The Morgan fingerprint density at radius 1 is 1.35 bits per heavy atom. The first-order valence-electron chi connectivity index (χ1n) is 5.70. The van der Waals surface area contributed by atoms with Crippen molar-refractivity contribution in [3.8, 4) is 5.75 Å². The number of methoxy groups -OCH3 is 2. The van der Waals surface area contributed by atoms with Crippen molar-refractivity contribution in [3.05, 3.63) is 39.6 Å². The van der Waals surface area contributed by atoms with Crippen LogP contribution in [0.15, 0.2) is 18.3 Å². The fourth-order valence-electron chi connectivity index (χ4n) is 1.54. The second-order valence-corrected chi connectivity index (χ2v) is 4.14. The first kappa shape index (κ1) is 15.5. The third-order valence-electron chi connectivity index (χ3n) is 2.51. The van der Waals surface area contributed by atoms with E-state index in [4.69, 9.17) is 4.74 Å². The molecule has 0 saturated heterocycles. The molecule has 0 saturated carbocycles. The van der Waals surface area contributed by atoms with Crippen LogP contribution in [0.2, 0.25) is 0 Å². The maximum absolute atomic E-state index is 11.7. The number of nitro groups is 1. The molecule has 0 aromatic heterocycles. The van der Waals surface area contributed by atoms with E-state index < -0.39 is 10.9 Å². The van der Waals surface area contributed by atoms with E-state index in [-0.39, 0.29) is 17.0 Å². The minimum atomic E-state index is -0.644. The maximum Gasteiger partial charge on any atom is 0.338 e. The molecule has 0 aliphatic carbocycles. The van der Waals surface area contributed by atoms with Crippen LogP contribution in [0.4, 0.5) is 5.69 Å². The second-order valence-electron chi connectivity index (χ2n) is 4.14. The van der Waals surface area contributed by atoms with Crippen molar-refractivity contribution in [2.45, 2.75) is 0 Å². The highest BCUT2D eigenvalue weighted by atomic mass is 16.6. The lowest BCUT2D eigenvalue weighted by atomic mass is 10.1. The molecule has 0 unspecified atom stereocenters. The molecule has 0 radical (unpaired) electrons. The lowest BCUT2D eigenvalue weighted by Crippen LogP contribution is -2.07. The van der Waals surface area contributed by atoms with Gasteiger partial charge in [-0.1, -0.05) is 0 Å². The van der Waals surface area contributed by atoms with Crippen LogP contribution in [0.3, 0.4) is 0 Å². The van der Waals surface area contributed by atoms with E-state index in [2.05, 4.69) is 4.74 Å². The molecule has 0 N–H and O–H groups in total.